The van der Waals surface area contributed by atoms with E-state index in [9.17, 15) is 9.59 Å². The van der Waals surface area contributed by atoms with Crippen LogP contribution in [0.5, 0.6) is 0 Å². The number of rotatable bonds is 7. The highest BCUT2D eigenvalue weighted by atomic mass is 35.5. The smallest absolute Gasteiger partial charge is 0.244 e. The number of nitrogens with one attached hydrogen (secondary N) is 1. The van der Waals surface area contributed by atoms with Crippen LogP contribution in [0.3, 0.4) is 0 Å². The summed E-state index contributed by atoms with van der Waals surface area (Å²) in [7, 11) is 0. The summed E-state index contributed by atoms with van der Waals surface area (Å²) in [5.74, 6) is 0.108. The maximum absolute atomic E-state index is 12.2. The summed E-state index contributed by atoms with van der Waals surface area (Å²) in [5.41, 5.74) is 6.89. The summed E-state index contributed by atoms with van der Waals surface area (Å²) in [6, 6.07) is 15.2. The van der Waals surface area contributed by atoms with Crippen LogP contribution in [0.1, 0.15) is 23.9 Å². The molecule has 1 unspecified atom stereocenters. The molecule has 2 aromatic carbocycles. The van der Waals surface area contributed by atoms with Crippen LogP contribution < -0.4 is 11.1 Å². The van der Waals surface area contributed by atoms with Crippen LogP contribution in [-0.4, -0.2) is 16.8 Å². The van der Waals surface area contributed by atoms with Gasteiger partial charge in [-0.25, -0.2) is 4.98 Å². The van der Waals surface area contributed by atoms with Gasteiger partial charge in [0, 0.05) is 23.4 Å². The molecule has 3 rings (SSSR count). The number of amides is 2. The predicted molar refractivity (Wildman–Crippen MR) is 102 cm³/mol. The third kappa shape index (κ3) is 4.95. The second-order valence-corrected chi connectivity index (χ2v) is 6.38. The number of aromatic nitrogens is 1. The van der Waals surface area contributed by atoms with Crippen molar-refractivity contribution in [1.29, 1.82) is 0 Å². The second-order valence-electron chi connectivity index (χ2n) is 5.94. The zero-order valence-electron chi connectivity index (χ0n) is 14.4. The van der Waals surface area contributed by atoms with E-state index in [1.165, 1.54) is 0 Å². The molecule has 0 aliphatic rings. The number of primary amides is 1. The normalized spacial score (nSPS) is 11.7. The van der Waals surface area contributed by atoms with Crippen molar-refractivity contribution < 1.29 is 14.0 Å². The van der Waals surface area contributed by atoms with Gasteiger partial charge in [-0.3, -0.25) is 9.59 Å². The lowest BCUT2D eigenvalue weighted by Crippen LogP contribution is -2.37. The molecule has 0 saturated carbocycles. The monoisotopic (exact) mass is 383 g/mol. The van der Waals surface area contributed by atoms with Gasteiger partial charge in [0.05, 0.1) is 6.20 Å². The van der Waals surface area contributed by atoms with Crippen molar-refractivity contribution in [3.05, 3.63) is 77.3 Å². The lowest BCUT2D eigenvalue weighted by molar-refractivity contribution is -0.127. The van der Waals surface area contributed by atoms with E-state index in [0.29, 0.717) is 28.7 Å². The first-order chi connectivity index (χ1) is 13.0. The van der Waals surface area contributed by atoms with E-state index in [2.05, 4.69) is 10.3 Å². The molecule has 1 aromatic heterocycles. The predicted octanol–water partition coefficient (Wildman–Crippen LogP) is 3.27. The van der Waals surface area contributed by atoms with Gasteiger partial charge < -0.3 is 15.5 Å². The average Bonchev–Trinajstić information content (AvgIpc) is 3.14. The van der Waals surface area contributed by atoms with Crippen LogP contribution in [0.2, 0.25) is 5.02 Å². The number of hydrogen-bond acceptors (Lipinski definition) is 4. The van der Waals surface area contributed by atoms with E-state index in [-0.39, 0.29) is 12.3 Å². The minimum atomic E-state index is -0.868. The van der Waals surface area contributed by atoms with Gasteiger partial charge in [-0.2, -0.15) is 0 Å². The number of nitrogens with zero attached hydrogens (tertiary/aromatic N) is 1. The lowest BCUT2D eigenvalue weighted by Gasteiger charge is -2.15. The fraction of sp³-hybridized carbons (Fsp3) is 0.150. The summed E-state index contributed by atoms with van der Waals surface area (Å²) in [6.07, 6.45) is 2.03. The molecule has 3 aromatic rings. The molecule has 0 saturated heterocycles. The number of carbonyl (C=O) groups excluding carboxylic acids is 2. The molecule has 0 bridgehead atoms. The van der Waals surface area contributed by atoms with E-state index < -0.39 is 11.9 Å². The summed E-state index contributed by atoms with van der Waals surface area (Å²) < 4.78 is 5.67. The van der Waals surface area contributed by atoms with Gasteiger partial charge in [0.2, 0.25) is 11.8 Å². The Labute approximate surface area is 161 Å². The molecule has 0 spiro atoms. The molecule has 7 heteroatoms. The Hall–Kier alpha value is -3.12. The third-order valence-corrected chi connectivity index (χ3v) is 4.22. The van der Waals surface area contributed by atoms with Gasteiger partial charge in [-0.05, 0) is 29.8 Å². The number of hydrogen-bond donors (Lipinski definition) is 2. The highest BCUT2D eigenvalue weighted by Crippen LogP contribution is 2.22. The van der Waals surface area contributed by atoms with Crippen molar-refractivity contribution in [2.24, 2.45) is 5.73 Å². The molecule has 0 fully saturated rings. The van der Waals surface area contributed by atoms with Crippen LogP contribution in [0, 0.1) is 0 Å². The fourth-order valence-corrected chi connectivity index (χ4v) is 2.72. The largest absolute Gasteiger partial charge is 0.441 e. The Morgan fingerprint density at radius 1 is 1.11 bits per heavy atom. The SMILES string of the molecule is NC(=O)C(NC(=O)CCc1ncc(-c2ccc(Cl)cc2)o1)c1ccccc1. The summed E-state index contributed by atoms with van der Waals surface area (Å²) >= 11 is 5.87. The van der Waals surface area contributed by atoms with Crippen LogP contribution in [0.15, 0.2) is 65.2 Å². The minimum absolute atomic E-state index is 0.122. The molecular weight excluding hydrogens is 366 g/mol. The zero-order chi connectivity index (χ0) is 19.2. The van der Waals surface area contributed by atoms with Gasteiger partial charge in [-0.15, -0.1) is 0 Å². The lowest BCUT2D eigenvalue weighted by atomic mass is 10.1. The number of benzene rings is 2. The maximum Gasteiger partial charge on any atom is 0.244 e. The molecule has 0 aliphatic heterocycles. The topological polar surface area (TPSA) is 98.2 Å². The Morgan fingerprint density at radius 3 is 2.48 bits per heavy atom. The molecule has 2 amide bonds. The Kier molecular flexibility index (Phi) is 5.88. The van der Waals surface area contributed by atoms with Crippen LogP contribution in [-0.2, 0) is 16.0 Å². The highest BCUT2D eigenvalue weighted by Gasteiger charge is 2.20. The first kappa shape index (κ1) is 18.7. The van der Waals surface area contributed by atoms with Crippen molar-refractivity contribution in [3.63, 3.8) is 0 Å². The van der Waals surface area contributed by atoms with E-state index in [1.807, 2.05) is 18.2 Å². The Morgan fingerprint density at radius 2 is 1.81 bits per heavy atom. The molecule has 0 radical (unpaired) electrons. The summed E-state index contributed by atoms with van der Waals surface area (Å²) in [6.45, 7) is 0. The van der Waals surface area contributed by atoms with Crippen LogP contribution in [0.4, 0.5) is 0 Å². The molecular formula is C20H18ClN3O3. The number of carbonyl (C=O) groups is 2. The number of nitrogens with two attached hydrogens (primary N) is 1. The fourth-order valence-electron chi connectivity index (χ4n) is 2.59. The summed E-state index contributed by atoms with van der Waals surface area (Å²) in [4.78, 5) is 28.1. The molecule has 6 nitrogen and oxygen atoms in total. The quantitative estimate of drug-likeness (QED) is 0.654. The highest BCUT2D eigenvalue weighted by molar-refractivity contribution is 6.30. The van der Waals surface area contributed by atoms with E-state index >= 15 is 0 Å². The number of halogens is 1. The Bertz CT molecular complexity index is 923. The standard InChI is InChI=1S/C20H18ClN3O3/c21-15-8-6-13(7-9-15)16-12-23-18(27-16)11-10-17(25)24-19(20(22)26)14-4-2-1-3-5-14/h1-9,12,19H,10-11H2,(H2,22,26)(H,24,25). The maximum atomic E-state index is 12.2. The van der Waals surface area contributed by atoms with Crippen molar-refractivity contribution in [2.45, 2.75) is 18.9 Å². The minimum Gasteiger partial charge on any atom is -0.441 e. The Balaban J connectivity index is 1.59. The molecule has 1 atom stereocenters. The van der Waals surface area contributed by atoms with Crippen molar-refractivity contribution >= 4 is 23.4 Å². The van der Waals surface area contributed by atoms with Gasteiger partial charge in [0.25, 0.3) is 0 Å². The third-order valence-electron chi connectivity index (χ3n) is 3.97. The van der Waals surface area contributed by atoms with E-state index in [1.54, 1.807) is 42.6 Å². The summed E-state index contributed by atoms with van der Waals surface area (Å²) in [5, 5.41) is 3.29. The molecule has 138 valence electrons. The van der Waals surface area contributed by atoms with Crippen LogP contribution >= 0.6 is 11.6 Å². The van der Waals surface area contributed by atoms with Gasteiger partial charge in [0.1, 0.15) is 6.04 Å². The van der Waals surface area contributed by atoms with Gasteiger partial charge in [-0.1, -0.05) is 41.9 Å². The number of aryl methyl sites for hydroxylation is 1. The number of oxazole rings is 1. The van der Waals surface area contributed by atoms with Gasteiger partial charge >= 0.3 is 0 Å². The van der Waals surface area contributed by atoms with Crippen LogP contribution in [0.25, 0.3) is 11.3 Å². The second kappa shape index (κ2) is 8.51. The van der Waals surface area contributed by atoms with Crippen molar-refractivity contribution in [2.75, 3.05) is 0 Å². The van der Waals surface area contributed by atoms with Gasteiger partial charge in [0.15, 0.2) is 11.7 Å². The average molecular weight is 384 g/mol. The molecule has 1 heterocycles. The first-order valence-electron chi connectivity index (χ1n) is 8.37. The van der Waals surface area contributed by atoms with E-state index in [0.717, 1.165) is 5.56 Å². The van der Waals surface area contributed by atoms with Crippen molar-refractivity contribution in [3.8, 4) is 11.3 Å². The van der Waals surface area contributed by atoms with Crippen molar-refractivity contribution in [1.82, 2.24) is 10.3 Å². The zero-order valence-corrected chi connectivity index (χ0v) is 15.1. The first-order valence-corrected chi connectivity index (χ1v) is 8.75. The molecule has 0 aliphatic carbocycles. The molecule has 3 N–H and O–H groups in total. The molecule has 27 heavy (non-hydrogen) atoms. The van der Waals surface area contributed by atoms with E-state index in [4.69, 9.17) is 21.8 Å².